The Bertz CT molecular complexity index is 400. The van der Waals surface area contributed by atoms with Gasteiger partial charge in [0, 0.05) is 12.6 Å². The van der Waals surface area contributed by atoms with E-state index in [2.05, 4.69) is 17.4 Å². The maximum atomic E-state index is 5.67. The summed E-state index contributed by atoms with van der Waals surface area (Å²) in [5.74, 6) is 1.70. The molecule has 3 heteroatoms. The van der Waals surface area contributed by atoms with Crippen molar-refractivity contribution in [1.29, 1.82) is 0 Å². The summed E-state index contributed by atoms with van der Waals surface area (Å²) in [5, 5.41) is 3.66. The zero-order valence-corrected chi connectivity index (χ0v) is 12.8. The predicted octanol–water partition coefficient (Wildman–Crippen LogP) is 3.91. The molecule has 1 fully saturated rings. The molecule has 0 atom stereocenters. The summed E-state index contributed by atoms with van der Waals surface area (Å²) in [5.41, 5.74) is 1.27. The van der Waals surface area contributed by atoms with Crippen LogP contribution < -0.4 is 14.8 Å². The fourth-order valence-corrected chi connectivity index (χ4v) is 2.77. The zero-order chi connectivity index (χ0) is 14.2. The summed E-state index contributed by atoms with van der Waals surface area (Å²) in [6.07, 6.45) is 6.76. The summed E-state index contributed by atoms with van der Waals surface area (Å²) >= 11 is 0. The van der Waals surface area contributed by atoms with E-state index >= 15 is 0 Å². The lowest BCUT2D eigenvalue weighted by molar-refractivity contribution is 0.287. The SMILES string of the molecule is CCOc1ccc(CNC2CCCCC2)cc1OCC. The molecule has 1 aliphatic rings. The van der Waals surface area contributed by atoms with Crippen LogP contribution in [0, 0.1) is 0 Å². The van der Waals surface area contributed by atoms with Gasteiger partial charge in [0.1, 0.15) is 0 Å². The standard InChI is InChI=1S/C17H27NO2/c1-3-19-16-11-10-14(12-17(16)20-4-2)13-18-15-8-6-5-7-9-15/h10-12,15,18H,3-9,13H2,1-2H3. The molecule has 1 N–H and O–H groups in total. The maximum absolute atomic E-state index is 5.67. The Hall–Kier alpha value is -1.22. The van der Waals surface area contributed by atoms with Crippen LogP contribution in [0.1, 0.15) is 51.5 Å². The molecule has 0 spiro atoms. The van der Waals surface area contributed by atoms with Gasteiger partial charge in [-0.05, 0) is 44.4 Å². The van der Waals surface area contributed by atoms with Crippen LogP contribution >= 0.6 is 0 Å². The highest BCUT2D eigenvalue weighted by Gasteiger charge is 2.13. The first-order valence-electron chi connectivity index (χ1n) is 7.95. The second kappa shape index (κ2) is 8.15. The molecule has 0 unspecified atom stereocenters. The summed E-state index contributed by atoms with van der Waals surface area (Å²) in [6, 6.07) is 6.94. The normalized spacial score (nSPS) is 16.1. The Morgan fingerprint density at radius 1 is 1.00 bits per heavy atom. The third-order valence-corrected chi connectivity index (χ3v) is 3.81. The van der Waals surface area contributed by atoms with Gasteiger partial charge in [-0.2, -0.15) is 0 Å². The van der Waals surface area contributed by atoms with E-state index in [1.54, 1.807) is 0 Å². The lowest BCUT2D eigenvalue weighted by atomic mass is 9.95. The molecule has 0 radical (unpaired) electrons. The first kappa shape index (κ1) is 15.2. The molecule has 1 aliphatic carbocycles. The minimum atomic E-state index is 0.666. The van der Waals surface area contributed by atoms with E-state index in [0.29, 0.717) is 19.3 Å². The van der Waals surface area contributed by atoms with Crippen molar-refractivity contribution in [3.63, 3.8) is 0 Å². The van der Waals surface area contributed by atoms with Crippen molar-refractivity contribution in [2.45, 2.75) is 58.5 Å². The van der Waals surface area contributed by atoms with Crippen LogP contribution in [0.2, 0.25) is 0 Å². The highest BCUT2D eigenvalue weighted by molar-refractivity contribution is 5.43. The van der Waals surface area contributed by atoms with Crippen LogP contribution in [-0.2, 0) is 6.54 Å². The lowest BCUT2D eigenvalue weighted by Gasteiger charge is -2.23. The van der Waals surface area contributed by atoms with Crippen LogP contribution in [0.15, 0.2) is 18.2 Å². The predicted molar refractivity (Wildman–Crippen MR) is 82.5 cm³/mol. The highest BCUT2D eigenvalue weighted by Crippen LogP contribution is 2.28. The number of hydrogen-bond donors (Lipinski definition) is 1. The summed E-state index contributed by atoms with van der Waals surface area (Å²) in [4.78, 5) is 0. The number of benzene rings is 1. The monoisotopic (exact) mass is 277 g/mol. The Labute approximate surface area is 122 Å². The third-order valence-electron chi connectivity index (χ3n) is 3.81. The topological polar surface area (TPSA) is 30.5 Å². The van der Waals surface area contributed by atoms with Crippen molar-refractivity contribution in [3.8, 4) is 11.5 Å². The molecule has 0 aliphatic heterocycles. The van der Waals surface area contributed by atoms with E-state index < -0.39 is 0 Å². The average Bonchev–Trinajstić information content (AvgIpc) is 2.49. The van der Waals surface area contributed by atoms with Gasteiger partial charge in [0.2, 0.25) is 0 Å². The number of hydrogen-bond acceptors (Lipinski definition) is 3. The average molecular weight is 277 g/mol. The van der Waals surface area contributed by atoms with Crippen LogP contribution in [0.25, 0.3) is 0 Å². The Morgan fingerprint density at radius 3 is 2.40 bits per heavy atom. The Balaban J connectivity index is 1.94. The molecular weight excluding hydrogens is 250 g/mol. The molecule has 0 saturated heterocycles. The molecule has 20 heavy (non-hydrogen) atoms. The van der Waals surface area contributed by atoms with E-state index in [1.165, 1.54) is 37.7 Å². The van der Waals surface area contributed by atoms with Gasteiger partial charge in [-0.25, -0.2) is 0 Å². The van der Waals surface area contributed by atoms with Crippen molar-refractivity contribution >= 4 is 0 Å². The zero-order valence-electron chi connectivity index (χ0n) is 12.8. The fraction of sp³-hybridized carbons (Fsp3) is 0.647. The van der Waals surface area contributed by atoms with Crippen molar-refractivity contribution < 1.29 is 9.47 Å². The highest BCUT2D eigenvalue weighted by atomic mass is 16.5. The first-order valence-corrected chi connectivity index (χ1v) is 7.95. The number of ether oxygens (including phenoxy) is 2. The lowest BCUT2D eigenvalue weighted by Crippen LogP contribution is -2.30. The van der Waals surface area contributed by atoms with Crippen LogP contribution in [0.3, 0.4) is 0 Å². The van der Waals surface area contributed by atoms with E-state index in [1.807, 2.05) is 19.9 Å². The summed E-state index contributed by atoms with van der Waals surface area (Å²) in [6.45, 7) is 6.24. The van der Waals surface area contributed by atoms with E-state index in [4.69, 9.17) is 9.47 Å². The van der Waals surface area contributed by atoms with E-state index in [-0.39, 0.29) is 0 Å². The first-order chi connectivity index (χ1) is 9.83. The van der Waals surface area contributed by atoms with Crippen molar-refractivity contribution in [2.24, 2.45) is 0 Å². The number of nitrogens with one attached hydrogen (secondary N) is 1. The van der Waals surface area contributed by atoms with Crippen molar-refractivity contribution in [1.82, 2.24) is 5.32 Å². The Kier molecular flexibility index (Phi) is 6.19. The molecule has 0 bridgehead atoms. The van der Waals surface area contributed by atoms with Gasteiger partial charge < -0.3 is 14.8 Å². The van der Waals surface area contributed by atoms with Crippen molar-refractivity contribution in [2.75, 3.05) is 13.2 Å². The molecule has 0 aromatic heterocycles. The summed E-state index contributed by atoms with van der Waals surface area (Å²) in [7, 11) is 0. The molecule has 3 nitrogen and oxygen atoms in total. The second-order valence-electron chi connectivity index (χ2n) is 5.36. The van der Waals surface area contributed by atoms with Crippen LogP contribution in [0.4, 0.5) is 0 Å². The second-order valence-corrected chi connectivity index (χ2v) is 5.36. The largest absolute Gasteiger partial charge is 0.490 e. The van der Waals surface area contributed by atoms with E-state index in [0.717, 1.165) is 18.0 Å². The molecular formula is C17H27NO2. The summed E-state index contributed by atoms with van der Waals surface area (Å²) < 4.78 is 11.3. The third kappa shape index (κ3) is 4.41. The quantitative estimate of drug-likeness (QED) is 0.819. The van der Waals surface area contributed by atoms with E-state index in [9.17, 15) is 0 Å². The van der Waals surface area contributed by atoms with Gasteiger partial charge >= 0.3 is 0 Å². The van der Waals surface area contributed by atoms with Gasteiger partial charge in [-0.3, -0.25) is 0 Å². The van der Waals surface area contributed by atoms with Crippen molar-refractivity contribution in [3.05, 3.63) is 23.8 Å². The van der Waals surface area contributed by atoms with Crippen LogP contribution in [-0.4, -0.2) is 19.3 Å². The minimum absolute atomic E-state index is 0.666. The molecule has 1 saturated carbocycles. The maximum Gasteiger partial charge on any atom is 0.161 e. The Morgan fingerprint density at radius 2 is 1.70 bits per heavy atom. The van der Waals surface area contributed by atoms with Gasteiger partial charge in [0.15, 0.2) is 11.5 Å². The smallest absolute Gasteiger partial charge is 0.161 e. The molecule has 0 amide bonds. The molecule has 1 aromatic carbocycles. The molecule has 2 rings (SSSR count). The number of rotatable bonds is 7. The van der Waals surface area contributed by atoms with Gasteiger partial charge in [0.25, 0.3) is 0 Å². The van der Waals surface area contributed by atoms with Gasteiger partial charge in [-0.1, -0.05) is 25.3 Å². The molecule has 1 aromatic rings. The molecule has 0 heterocycles. The molecule has 112 valence electrons. The fourth-order valence-electron chi connectivity index (χ4n) is 2.77. The van der Waals surface area contributed by atoms with Gasteiger partial charge in [0.05, 0.1) is 13.2 Å². The van der Waals surface area contributed by atoms with Gasteiger partial charge in [-0.15, -0.1) is 0 Å². The van der Waals surface area contributed by atoms with Crippen LogP contribution in [0.5, 0.6) is 11.5 Å². The minimum Gasteiger partial charge on any atom is -0.490 e.